The molecule has 2 saturated carbocycles. The lowest BCUT2D eigenvalue weighted by Crippen LogP contribution is -2.57. The van der Waals surface area contributed by atoms with Crippen molar-refractivity contribution in [3.63, 3.8) is 0 Å². The van der Waals surface area contributed by atoms with Crippen molar-refractivity contribution in [2.75, 3.05) is 13.1 Å². The van der Waals surface area contributed by atoms with Crippen LogP contribution in [-0.4, -0.2) is 13.1 Å². The van der Waals surface area contributed by atoms with Crippen LogP contribution < -0.4 is 5.32 Å². The fourth-order valence-corrected chi connectivity index (χ4v) is 5.00. The lowest BCUT2D eigenvalue weighted by molar-refractivity contribution is 0.180. The smallest absolute Gasteiger partial charge is 0.0205 e. The Morgan fingerprint density at radius 1 is 1.21 bits per heavy atom. The number of nitrogens with one attached hydrogen (secondary N) is 1. The Hall–Kier alpha value is -0.820. The Balaban J connectivity index is 1.57. The van der Waals surface area contributed by atoms with E-state index in [-0.39, 0.29) is 0 Å². The van der Waals surface area contributed by atoms with Gasteiger partial charge < -0.3 is 5.32 Å². The molecule has 1 saturated heterocycles. The molecule has 2 bridgehead atoms. The summed E-state index contributed by atoms with van der Waals surface area (Å²) in [6.45, 7) is 4.62. The van der Waals surface area contributed by atoms with Crippen LogP contribution in [0, 0.1) is 24.7 Å². The van der Waals surface area contributed by atoms with Gasteiger partial charge in [-0.3, -0.25) is 0 Å². The minimum atomic E-state index is 0.459. The quantitative estimate of drug-likeness (QED) is 0.869. The van der Waals surface area contributed by atoms with Crippen molar-refractivity contribution in [3.8, 4) is 0 Å². The van der Waals surface area contributed by atoms with E-state index in [0.29, 0.717) is 5.41 Å². The number of rotatable bonds is 3. The van der Waals surface area contributed by atoms with E-state index in [1.165, 1.54) is 44.3 Å². The molecule has 3 aliphatic rings. The summed E-state index contributed by atoms with van der Waals surface area (Å²) in [4.78, 5) is 0. The van der Waals surface area contributed by atoms with E-state index in [2.05, 4.69) is 36.5 Å². The van der Waals surface area contributed by atoms with E-state index < -0.39 is 0 Å². The van der Waals surface area contributed by atoms with E-state index >= 15 is 0 Å². The predicted octanol–water partition coefficient (Wildman–Crippen LogP) is 3.66. The van der Waals surface area contributed by atoms with E-state index in [1.807, 2.05) is 0 Å². The number of hydrogen-bond acceptors (Lipinski definition) is 1. The van der Waals surface area contributed by atoms with Gasteiger partial charge in [0.1, 0.15) is 0 Å². The minimum absolute atomic E-state index is 0.459. The fraction of sp³-hybridized carbons (Fsp3) is 0.667. The monoisotopic (exact) mass is 255 g/mol. The van der Waals surface area contributed by atoms with Crippen LogP contribution >= 0.6 is 0 Å². The summed E-state index contributed by atoms with van der Waals surface area (Å²) < 4.78 is 0. The van der Waals surface area contributed by atoms with Crippen LogP contribution in [0.5, 0.6) is 0 Å². The first-order chi connectivity index (χ1) is 9.25. The first kappa shape index (κ1) is 12.0. The third kappa shape index (κ3) is 1.94. The van der Waals surface area contributed by atoms with Crippen LogP contribution in [0.2, 0.25) is 0 Å². The van der Waals surface area contributed by atoms with Crippen LogP contribution in [-0.2, 0) is 5.41 Å². The van der Waals surface area contributed by atoms with Crippen molar-refractivity contribution in [2.24, 2.45) is 17.8 Å². The Kier molecular flexibility index (Phi) is 2.73. The molecule has 3 fully saturated rings. The maximum absolute atomic E-state index is 3.54. The average molecular weight is 255 g/mol. The standard InChI is InChI=1S/C18H25N/c1-13-3-2-4-17(7-13)18(11-19-12-18)10-16-9-14-5-6-15(16)8-14/h2-4,7,14-16,19H,5-6,8-12H2,1H3. The number of hydrogen-bond donors (Lipinski definition) is 1. The molecule has 1 aliphatic heterocycles. The van der Waals surface area contributed by atoms with Crippen LogP contribution in [0.15, 0.2) is 24.3 Å². The summed E-state index contributed by atoms with van der Waals surface area (Å²) in [5.41, 5.74) is 3.46. The molecule has 1 aromatic carbocycles. The fourth-order valence-electron chi connectivity index (χ4n) is 5.00. The minimum Gasteiger partial charge on any atom is -0.315 e. The average Bonchev–Trinajstić information content (AvgIpc) is 2.95. The molecule has 102 valence electrons. The second-order valence-corrected chi connectivity index (χ2v) is 7.39. The third-order valence-electron chi connectivity index (χ3n) is 6.09. The van der Waals surface area contributed by atoms with E-state index in [9.17, 15) is 0 Å². The molecule has 1 heteroatoms. The number of fused-ring (bicyclic) bond motifs is 2. The SMILES string of the molecule is Cc1cccc(C2(CC3CC4CCC3C4)CNC2)c1. The number of benzene rings is 1. The van der Waals surface area contributed by atoms with Crippen LogP contribution in [0.3, 0.4) is 0 Å². The zero-order valence-electron chi connectivity index (χ0n) is 12.0. The highest BCUT2D eigenvalue weighted by molar-refractivity contribution is 5.33. The molecule has 19 heavy (non-hydrogen) atoms. The molecule has 0 aromatic heterocycles. The molecule has 1 nitrogen and oxygen atoms in total. The highest BCUT2D eigenvalue weighted by atomic mass is 15.0. The summed E-state index contributed by atoms with van der Waals surface area (Å²) >= 11 is 0. The van der Waals surface area contributed by atoms with E-state index in [1.54, 1.807) is 12.0 Å². The maximum atomic E-state index is 3.54. The molecular formula is C18H25N. The molecule has 0 amide bonds. The topological polar surface area (TPSA) is 12.0 Å². The van der Waals surface area contributed by atoms with Crippen LogP contribution in [0.25, 0.3) is 0 Å². The van der Waals surface area contributed by atoms with Crippen molar-refractivity contribution in [2.45, 2.75) is 44.4 Å². The predicted molar refractivity (Wildman–Crippen MR) is 79.3 cm³/mol. The van der Waals surface area contributed by atoms with Gasteiger partial charge in [0.25, 0.3) is 0 Å². The van der Waals surface area contributed by atoms with Gasteiger partial charge in [-0.1, -0.05) is 36.2 Å². The summed E-state index contributed by atoms with van der Waals surface area (Å²) in [6.07, 6.45) is 7.55. The van der Waals surface area contributed by atoms with Gasteiger partial charge >= 0.3 is 0 Å². The van der Waals surface area contributed by atoms with Crippen molar-refractivity contribution in [1.29, 1.82) is 0 Å². The molecular weight excluding hydrogens is 230 g/mol. The molecule has 3 unspecified atom stereocenters. The first-order valence-electron chi connectivity index (χ1n) is 8.03. The van der Waals surface area contributed by atoms with Gasteiger partial charge in [-0.15, -0.1) is 0 Å². The molecule has 4 rings (SSSR count). The van der Waals surface area contributed by atoms with Gasteiger partial charge in [-0.05, 0) is 55.9 Å². The lowest BCUT2D eigenvalue weighted by atomic mass is 9.66. The second-order valence-electron chi connectivity index (χ2n) is 7.39. The second kappa shape index (κ2) is 4.34. The molecule has 0 spiro atoms. The van der Waals surface area contributed by atoms with Gasteiger partial charge in [-0.25, -0.2) is 0 Å². The van der Waals surface area contributed by atoms with Crippen LogP contribution in [0.4, 0.5) is 0 Å². The highest BCUT2D eigenvalue weighted by Crippen LogP contribution is 2.52. The van der Waals surface area contributed by atoms with E-state index in [0.717, 1.165) is 17.8 Å². The zero-order valence-corrected chi connectivity index (χ0v) is 12.0. The van der Waals surface area contributed by atoms with Gasteiger partial charge in [0.2, 0.25) is 0 Å². The highest BCUT2D eigenvalue weighted by Gasteiger charge is 2.46. The summed E-state index contributed by atoms with van der Waals surface area (Å²) in [7, 11) is 0. The largest absolute Gasteiger partial charge is 0.315 e. The van der Waals surface area contributed by atoms with Gasteiger partial charge in [-0.2, -0.15) is 0 Å². The maximum Gasteiger partial charge on any atom is 0.0205 e. The number of aryl methyl sites for hydroxylation is 1. The normalized spacial score (nSPS) is 35.3. The van der Waals surface area contributed by atoms with Crippen molar-refractivity contribution in [3.05, 3.63) is 35.4 Å². The Bertz CT molecular complexity index is 474. The molecule has 1 N–H and O–H groups in total. The zero-order chi connectivity index (χ0) is 12.9. The molecule has 2 aliphatic carbocycles. The molecule has 3 atom stereocenters. The summed E-state index contributed by atoms with van der Waals surface area (Å²) in [5.74, 6) is 3.16. The Morgan fingerprint density at radius 3 is 2.68 bits per heavy atom. The summed E-state index contributed by atoms with van der Waals surface area (Å²) in [6, 6.07) is 9.25. The van der Waals surface area contributed by atoms with Gasteiger partial charge in [0.05, 0.1) is 0 Å². The van der Waals surface area contributed by atoms with Crippen molar-refractivity contribution >= 4 is 0 Å². The summed E-state index contributed by atoms with van der Waals surface area (Å²) in [5, 5.41) is 3.54. The third-order valence-corrected chi connectivity index (χ3v) is 6.09. The lowest BCUT2D eigenvalue weighted by Gasteiger charge is -2.46. The van der Waals surface area contributed by atoms with Crippen LogP contribution in [0.1, 0.15) is 43.2 Å². The Labute approximate surface area is 116 Å². The van der Waals surface area contributed by atoms with Crippen molar-refractivity contribution in [1.82, 2.24) is 5.32 Å². The van der Waals surface area contributed by atoms with Gasteiger partial charge in [0, 0.05) is 18.5 Å². The first-order valence-corrected chi connectivity index (χ1v) is 8.03. The molecule has 1 aromatic rings. The Morgan fingerprint density at radius 2 is 2.11 bits per heavy atom. The molecule has 0 radical (unpaired) electrons. The van der Waals surface area contributed by atoms with E-state index in [4.69, 9.17) is 0 Å². The van der Waals surface area contributed by atoms with Crippen molar-refractivity contribution < 1.29 is 0 Å². The molecule has 1 heterocycles. The van der Waals surface area contributed by atoms with Gasteiger partial charge in [0.15, 0.2) is 0 Å².